The van der Waals surface area contributed by atoms with Crippen LogP contribution in [0.15, 0.2) is 66.7 Å². The third-order valence-corrected chi connectivity index (χ3v) is 4.99. The van der Waals surface area contributed by atoms with Gasteiger partial charge in [-0.3, -0.25) is 19.7 Å². The fourth-order valence-electron chi connectivity index (χ4n) is 3.32. The second-order valence-corrected chi connectivity index (χ2v) is 7.20. The zero-order valence-electron chi connectivity index (χ0n) is 16.7. The van der Waals surface area contributed by atoms with Crippen molar-refractivity contribution in [3.63, 3.8) is 0 Å². The second-order valence-electron chi connectivity index (χ2n) is 6.80. The average Bonchev–Trinajstić information content (AvgIpc) is 3.04. The van der Waals surface area contributed by atoms with Crippen LogP contribution >= 0.6 is 12.2 Å². The summed E-state index contributed by atoms with van der Waals surface area (Å²) >= 11 is 5.15. The Balaban J connectivity index is 1.52. The maximum absolute atomic E-state index is 13.3. The van der Waals surface area contributed by atoms with E-state index in [9.17, 15) is 18.8 Å². The van der Waals surface area contributed by atoms with Gasteiger partial charge in [-0.25, -0.2) is 9.29 Å². The highest BCUT2D eigenvalue weighted by molar-refractivity contribution is 7.80. The Morgan fingerprint density at radius 3 is 2.28 bits per heavy atom. The first-order chi connectivity index (χ1) is 15.4. The van der Waals surface area contributed by atoms with E-state index in [1.54, 1.807) is 42.5 Å². The van der Waals surface area contributed by atoms with Crippen molar-refractivity contribution in [3.05, 3.63) is 89.2 Å². The molecule has 0 fully saturated rings. The molecule has 4 rings (SSSR count). The summed E-state index contributed by atoms with van der Waals surface area (Å²) in [5, 5.41) is 5.27. The monoisotopic (exact) mass is 449 g/mol. The van der Waals surface area contributed by atoms with Crippen molar-refractivity contribution in [1.29, 1.82) is 0 Å². The number of methoxy groups -OCH3 is 1. The number of thiocarbonyl (C=S) groups is 1. The molecule has 0 aromatic heterocycles. The minimum atomic E-state index is -0.573. The summed E-state index contributed by atoms with van der Waals surface area (Å²) in [7, 11) is 1.41. The van der Waals surface area contributed by atoms with Crippen LogP contribution in [0.25, 0.3) is 0 Å². The third-order valence-electron chi connectivity index (χ3n) is 4.79. The number of fused-ring (bicyclic) bond motifs is 1. The number of nitrogens with one attached hydrogen (secondary N) is 2. The number of anilines is 2. The number of carbonyl (C=O) groups excluding carboxylic acids is 3. The van der Waals surface area contributed by atoms with E-state index in [2.05, 4.69) is 10.6 Å². The lowest BCUT2D eigenvalue weighted by molar-refractivity contribution is 0.0922. The van der Waals surface area contributed by atoms with E-state index in [0.29, 0.717) is 16.8 Å². The summed E-state index contributed by atoms with van der Waals surface area (Å²) in [6, 6.07) is 16.4. The van der Waals surface area contributed by atoms with Crippen LogP contribution in [0.3, 0.4) is 0 Å². The van der Waals surface area contributed by atoms with Gasteiger partial charge in [-0.2, -0.15) is 0 Å². The van der Waals surface area contributed by atoms with Gasteiger partial charge in [0.25, 0.3) is 17.7 Å². The van der Waals surface area contributed by atoms with Gasteiger partial charge >= 0.3 is 0 Å². The average molecular weight is 449 g/mol. The summed E-state index contributed by atoms with van der Waals surface area (Å²) < 4.78 is 18.7. The molecule has 0 unspecified atom stereocenters. The highest BCUT2D eigenvalue weighted by Gasteiger charge is 2.37. The van der Waals surface area contributed by atoms with Crippen LogP contribution in [0.1, 0.15) is 31.1 Å². The number of halogens is 1. The molecule has 3 amide bonds. The molecule has 0 bridgehead atoms. The fraction of sp³-hybridized carbons (Fsp3) is 0.0435. The Morgan fingerprint density at radius 2 is 1.66 bits per heavy atom. The van der Waals surface area contributed by atoms with Crippen molar-refractivity contribution in [3.8, 4) is 5.75 Å². The summed E-state index contributed by atoms with van der Waals surface area (Å²) in [5.41, 5.74) is 1.49. The van der Waals surface area contributed by atoms with Crippen LogP contribution in [-0.2, 0) is 0 Å². The number of hydrogen-bond donors (Lipinski definition) is 2. The Hall–Kier alpha value is -4.11. The topological polar surface area (TPSA) is 87.7 Å². The molecule has 0 saturated heterocycles. The van der Waals surface area contributed by atoms with Crippen molar-refractivity contribution in [1.82, 2.24) is 5.32 Å². The molecule has 0 atom stereocenters. The number of amides is 3. The predicted octanol–water partition coefficient (Wildman–Crippen LogP) is 3.76. The van der Waals surface area contributed by atoms with Crippen LogP contribution in [0.5, 0.6) is 5.75 Å². The molecule has 0 aliphatic carbocycles. The molecule has 0 spiro atoms. The predicted molar refractivity (Wildman–Crippen MR) is 121 cm³/mol. The largest absolute Gasteiger partial charge is 0.494 e. The molecule has 160 valence electrons. The van der Waals surface area contributed by atoms with Crippen LogP contribution in [0.2, 0.25) is 0 Å². The molecular formula is C23H16FN3O4S. The summed E-state index contributed by atoms with van der Waals surface area (Å²) in [5.74, 6) is -1.74. The standard InChI is InChI=1S/C23H16FN3O4S/c1-31-19-12-15(25-23(32)26-20(28)13-5-4-6-14(24)11-13)9-10-18(19)27-21(29)16-7-2-3-8-17(16)22(27)30/h2-12H,1H3,(H2,25,26,28,32). The maximum Gasteiger partial charge on any atom is 0.266 e. The molecule has 9 heteroatoms. The van der Waals surface area contributed by atoms with Crippen molar-refractivity contribution in [2.75, 3.05) is 17.3 Å². The maximum atomic E-state index is 13.3. The van der Waals surface area contributed by atoms with E-state index in [-0.39, 0.29) is 22.1 Å². The minimum Gasteiger partial charge on any atom is -0.494 e. The number of benzene rings is 3. The molecule has 1 heterocycles. The molecular weight excluding hydrogens is 433 g/mol. The Labute approximate surface area is 187 Å². The lowest BCUT2D eigenvalue weighted by Gasteiger charge is -2.19. The van der Waals surface area contributed by atoms with Gasteiger partial charge in [0.2, 0.25) is 0 Å². The van der Waals surface area contributed by atoms with E-state index in [1.165, 1.54) is 25.3 Å². The number of carbonyl (C=O) groups is 3. The number of imide groups is 1. The zero-order valence-corrected chi connectivity index (χ0v) is 17.5. The second kappa shape index (κ2) is 8.56. The van der Waals surface area contributed by atoms with Crippen molar-refractivity contribution in [2.45, 2.75) is 0 Å². The highest BCUT2D eigenvalue weighted by atomic mass is 32.1. The summed E-state index contributed by atoms with van der Waals surface area (Å²) in [6.07, 6.45) is 0. The lowest BCUT2D eigenvalue weighted by atomic mass is 10.1. The first-order valence-corrected chi connectivity index (χ1v) is 9.83. The van der Waals surface area contributed by atoms with Gasteiger partial charge < -0.3 is 10.1 Å². The summed E-state index contributed by atoms with van der Waals surface area (Å²) in [4.78, 5) is 38.8. The fourth-order valence-corrected chi connectivity index (χ4v) is 3.53. The number of ether oxygens (including phenoxy) is 1. The van der Waals surface area contributed by atoms with Crippen LogP contribution in [0.4, 0.5) is 15.8 Å². The molecule has 1 aliphatic rings. The van der Waals surface area contributed by atoms with Gasteiger partial charge in [-0.1, -0.05) is 18.2 Å². The van der Waals surface area contributed by atoms with Gasteiger partial charge in [0.15, 0.2) is 5.11 Å². The Kier molecular flexibility index (Phi) is 5.65. The van der Waals surface area contributed by atoms with Crippen LogP contribution < -0.4 is 20.3 Å². The van der Waals surface area contributed by atoms with Gasteiger partial charge in [0, 0.05) is 17.3 Å². The number of nitrogens with zero attached hydrogens (tertiary/aromatic N) is 1. The van der Waals surface area contributed by atoms with Gasteiger partial charge in [-0.15, -0.1) is 0 Å². The van der Waals surface area contributed by atoms with Crippen molar-refractivity contribution in [2.24, 2.45) is 0 Å². The molecule has 0 radical (unpaired) electrons. The third kappa shape index (κ3) is 3.93. The van der Waals surface area contributed by atoms with E-state index in [4.69, 9.17) is 17.0 Å². The van der Waals surface area contributed by atoms with Gasteiger partial charge in [0.1, 0.15) is 11.6 Å². The van der Waals surface area contributed by atoms with E-state index < -0.39 is 23.5 Å². The molecule has 32 heavy (non-hydrogen) atoms. The minimum absolute atomic E-state index is 0.0187. The number of rotatable bonds is 4. The first kappa shape index (κ1) is 21.1. The Morgan fingerprint density at radius 1 is 0.969 bits per heavy atom. The smallest absolute Gasteiger partial charge is 0.266 e. The normalized spacial score (nSPS) is 12.4. The molecule has 3 aromatic carbocycles. The Bertz CT molecular complexity index is 1240. The van der Waals surface area contributed by atoms with Gasteiger partial charge in [-0.05, 0) is 54.7 Å². The zero-order chi connectivity index (χ0) is 22.8. The lowest BCUT2D eigenvalue weighted by Crippen LogP contribution is -2.34. The van der Waals surface area contributed by atoms with E-state index in [0.717, 1.165) is 11.0 Å². The molecule has 3 aromatic rings. The quantitative estimate of drug-likeness (QED) is 0.466. The first-order valence-electron chi connectivity index (χ1n) is 9.43. The van der Waals surface area contributed by atoms with Crippen molar-refractivity contribution >= 4 is 46.4 Å². The SMILES string of the molecule is COc1cc(NC(=S)NC(=O)c2cccc(F)c2)ccc1N1C(=O)c2ccccc2C1=O. The van der Waals surface area contributed by atoms with Crippen LogP contribution in [0, 0.1) is 5.82 Å². The highest BCUT2D eigenvalue weighted by Crippen LogP contribution is 2.36. The molecule has 2 N–H and O–H groups in total. The van der Waals surface area contributed by atoms with Crippen molar-refractivity contribution < 1.29 is 23.5 Å². The van der Waals surface area contributed by atoms with Gasteiger partial charge in [0.05, 0.1) is 23.9 Å². The molecule has 7 nitrogen and oxygen atoms in total. The molecule has 0 saturated carbocycles. The summed E-state index contributed by atoms with van der Waals surface area (Å²) in [6.45, 7) is 0. The number of hydrogen-bond acceptors (Lipinski definition) is 5. The van der Waals surface area contributed by atoms with Crippen LogP contribution in [-0.4, -0.2) is 29.9 Å². The van der Waals surface area contributed by atoms with E-state index >= 15 is 0 Å². The molecule has 1 aliphatic heterocycles. The van der Waals surface area contributed by atoms with E-state index in [1.807, 2.05) is 0 Å².